The van der Waals surface area contributed by atoms with E-state index >= 15 is 0 Å². The highest BCUT2D eigenvalue weighted by atomic mass is 19.1. The maximum atomic E-state index is 13.8. The van der Waals surface area contributed by atoms with Crippen LogP contribution >= 0.6 is 0 Å². The van der Waals surface area contributed by atoms with Gasteiger partial charge in [0.15, 0.2) is 0 Å². The van der Waals surface area contributed by atoms with Crippen molar-refractivity contribution in [1.29, 1.82) is 0 Å². The van der Waals surface area contributed by atoms with Crippen LogP contribution in [-0.2, 0) is 5.41 Å². The molecule has 0 spiro atoms. The van der Waals surface area contributed by atoms with E-state index in [2.05, 4.69) is 5.10 Å². The van der Waals surface area contributed by atoms with Gasteiger partial charge in [0, 0.05) is 17.7 Å². The first-order valence-corrected chi connectivity index (χ1v) is 5.98. The molecule has 0 saturated heterocycles. The number of hydrogen-bond acceptors (Lipinski definition) is 2. The maximum Gasteiger partial charge on any atom is 0.148 e. The molecule has 0 unspecified atom stereocenters. The Bertz CT molecular complexity index is 558. The van der Waals surface area contributed by atoms with Crippen molar-refractivity contribution in [3.63, 3.8) is 0 Å². The lowest BCUT2D eigenvalue weighted by atomic mass is 9.90. The quantitative estimate of drug-likeness (QED) is 0.905. The van der Waals surface area contributed by atoms with Gasteiger partial charge in [0.1, 0.15) is 11.5 Å². The molecule has 0 aliphatic carbocycles. The van der Waals surface area contributed by atoms with E-state index in [0.717, 1.165) is 11.4 Å². The van der Waals surface area contributed by atoms with Crippen LogP contribution in [0.5, 0.6) is 0 Å². The number of halogens is 1. The molecule has 0 saturated carbocycles. The molecule has 2 N–H and O–H groups in total. The molecule has 0 fully saturated rings. The Balaban J connectivity index is 2.52. The first-order valence-electron chi connectivity index (χ1n) is 5.98. The lowest BCUT2D eigenvalue weighted by Crippen LogP contribution is -2.28. The SMILES string of the molecule is Cc1cc(C(C)(C)CN)nn1-c1ccccc1F. The molecule has 1 aromatic carbocycles. The monoisotopic (exact) mass is 247 g/mol. The third kappa shape index (κ3) is 2.16. The predicted molar refractivity (Wildman–Crippen MR) is 70.3 cm³/mol. The van der Waals surface area contributed by atoms with Gasteiger partial charge in [-0.25, -0.2) is 9.07 Å². The van der Waals surface area contributed by atoms with E-state index < -0.39 is 0 Å². The average Bonchev–Trinajstić information content (AvgIpc) is 2.73. The molecule has 0 radical (unpaired) electrons. The zero-order chi connectivity index (χ0) is 13.3. The fraction of sp³-hybridized carbons (Fsp3) is 0.357. The van der Waals surface area contributed by atoms with Crippen molar-refractivity contribution in [2.75, 3.05) is 6.54 Å². The van der Waals surface area contributed by atoms with Crippen molar-refractivity contribution >= 4 is 0 Å². The summed E-state index contributed by atoms with van der Waals surface area (Å²) >= 11 is 0. The number of nitrogens with two attached hydrogens (primary N) is 1. The summed E-state index contributed by atoms with van der Waals surface area (Å²) in [5.74, 6) is -0.277. The van der Waals surface area contributed by atoms with Crippen molar-refractivity contribution in [2.45, 2.75) is 26.2 Å². The zero-order valence-electron chi connectivity index (χ0n) is 10.9. The Labute approximate surface area is 106 Å². The van der Waals surface area contributed by atoms with Gasteiger partial charge in [-0.2, -0.15) is 5.10 Å². The standard InChI is InChI=1S/C14H18FN3/c1-10-8-13(14(2,3)9-16)17-18(10)12-7-5-4-6-11(12)15/h4-8H,9,16H2,1-3H3. The molecule has 0 atom stereocenters. The number of nitrogens with zero attached hydrogens (tertiary/aromatic N) is 2. The summed E-state index contributed by atoms with van der Waals surface area (Å²) in [6.07, 6.45) is 0. The van der Waals surface area contributed by atoms with Gasteiger partial charge in [-0.05, 0) is 25.1 Å². The van der Waals surface area contributed by atoms with Crippen molar-refractivity contribution in [2.24, 2.45) is 5.73 Å². The Morgan fingerprint density at radius 2 is 2.00 bits per heavy atom. The minimum Gasteiger partial charge on any atom is -0.330 e. The molecule has 2 aromatic rings. The van der Waals surface area contributed by atoms with Crippen molar-refractivity contribution in [3.05, 3.63) is 47.5 Å². The summed E-state index contributed by atoms with van der Waals surface area (Å²) < 4.78 is 15.4. The number of hydrogen-bond donors (Lipinski definition) is 1. The number of para-hydroxylation sites is 1. The highest BCUT2D eigenvalue weighted by Gasteiger charge is 2.23. The Hall–Kier alpha value is -1.68. The van der Waals surface area contributed by atoms with Crippen LogP contribution in [0.1, 0.15) is 25.2 Å². The third-order valence-corrected chi connectivity index (χ3v) is 3.17. The molecule has 0 aliphatic heterocycles. The molecule has 18 heavy (non-hydrogen) atoms. The molecule has 0 aliphatic rings. The van der Waals surface area contributed by atoms with Gasteiger partial charge in [0.05, 0.1) is 5.69 Å². The highest BCUT2D eigenvalue weighted by molar-refractivity contribution is 5.35. The molecule has 1 heterocycles. The molecule has 3 nitrogen and oxygen atoms in total. The number of aromatic nitrogens is 2. The van der Waals surface area contributed by atoms with E-state index in [9.17, 15) is 4.39 Å². The predicted octanol–water partition coefficient (Wildman–Crippen LogP) is 2.56. The van der Waals surface area contributed by atoms with Gasteiger partial charge >= 0.3 is 0 Å². The first kappa shape index (κ1) is 12.8. The lowest BCUT2D eigenvalue weighted by Gasteiger charge is -2.19. The Morgan fingerprint density at radius 3 is 2.61 bits per heavy atom. The average molecular weight is 247 g/mol. The van der Waals surface area contributed by atoms with E-state index in [1.807, 2.05) is 26.8 Å². The van der Waals surface area contributed by atoms with E-state index in [1.54, 1.807) is 22.9 Å². The van der Waals surface area contributed by atoms with Crippen LogP contribution in [0.4, 0.5) is 4.39 Å². The Kier molecular flexibility index (Phi) is 3.22. The second kappa shape index (κ2) is 4.53. The van der Waals surface area contributed by atoms with E-state index in [-0.39, 0.29) is 11.2 Å². The minimum absolute atomic E-state index is 0.207. The van der Waals surface area contributed by atoms with E-state index in [0.29, 0.717) is 12.2 Å². The second-order valence-corrected chi connectivity index (χ2v) is 5.12. The highest BCUT2D eigenvalue weighted by Crippen LogP contribution is 2.23. The van der Waals surface area contributed by atoms with E-state index in [1.165, 1.54) is 6.07 Å². The first-order chi connectivity index (χ1) is 8.45. The Morgan fingerprint density at radius 1 is 1.33 bits per heavy atom. The number of benzene rings is 1. The molecule has 0 amide bonds. The summed E-state index contributed by atoms with van der Waals surface area (Å²) in [5, 5.41) is 4.48. The zero-order valence-corrected chi connectivity index (χ0v) is 10.9. The largest absolute Gasteiger partial charge is 0.330 e. The van der Waals surface area contributed by atoms with Crippen molar-refractivity contribution in [3.8, 4) is 5.69 Å². The van der Waals surface area contributed by atoms with Crippen LogP contribution < -0.4 is 5.73 Å². The molecule has 0 bridgehead atoms. The summed E-state index contributed by atoms with van der Waals surface area (Å²) in [4.78, 5) is 0. The van der Waals surface area contributed by atoms with Crippen LogP contribution in [0.2, 0.25) is 0 Å². The molecule has 2 rings (SSSR count). The van der Waals surface area contributed by atoms with Gasteiger partial charge < -0.3 is 5.73 Å². The molecule has 1 aromatic heterocycles. The second-order valence-electron chi connectivity index (χ2n) is 5.12. The maximum absolute atomic E-state index is 13.8. The van der Waals surface area contributed by atoms with Crippen LogP contribution in [0.25, 0.3) is 5.69 Å². The minimum atomic E-state index is -0.277. The van der Waals surface area contributed by atoms with Crippen LogP contribution in [0.3, 0.4) is 0 Å². The number of aryl methyl sites for hydroxylation is 1. The van der Waals surface area contributed by atoms with Gasteiger partial charge in [0.25, 0.3) is 0 Å². The van der Waals surface area contributed by atoms with Crippen molar-refractivity contribution < 1.29 is 4.39 Å². The van der Waals surface area contributed by atoms with Crippen LogP contribution in [-0.4, -0.2) is 16.3 Å². The van der Waals surface area contributed by atoms with Gasteiger partial charge in [-0.15, -0.1) is 0 Å². The summed E-state index contributed by atoms with van der Waals surface area (Å²) in [6.45, 7) is 6.47. The summed E-state index contributed by atoms with van der Waals surface area (Å²) in [5.41, 5.74) is 7.78. The number of rotatable bonds is 3. The summed E-state index contributed by atoms with van der Waals surface area (Å²) in [7, 11) is 0. The summed E-state index contributed by atoms with van der Waals surface area (Å²) in [6, 6.07) is 8.58. The van der Waals surface area contributed by atoms with Crippen LogP contribution in [0.15, 0.2) is 30.3 Å². The fourth-order valence-electron chi connectivity index (χ4n) is 1.78. The third-order valence-electron chi connectivity index (χ3n) is 3.17. The molecular formula is C14H18FN3. The van der Waals surface area contributed by atoms with Crippen molar-refractivity contribution in [1.82, 2.24) is 9.78 Å². The fourth-order valence-corrected chi connectivity index (χ4v) is 1.78. The van der Waals surface area contributed by atoms with E-state index in [4.69, 9.17) is 5.73 Å². The van der Waals surface area contributed by atoms with Crippen LogP contribution in [0, 0.1) is 12.7 Å². The van der Waals surface area contributed by atoms with Gasteiger partial charge in [-0.1, -0.05) is 26.0 Å². The smallest absolute Gasteiger partial charge is 0.148 e. The normalized spacial score (nSPS) is 11.8. The molecule has 4 heteroatoms. The lowest BCUT2D eigenvalue weighted by molar-refractivity contribution is 0.513. The topological polar surface area (TPSA) is 43.8 Å². The van der Waals surface area contributed by atoms with Gasteiger partial charge in [-0.3, -0.25) is 0 Å². The molecule has 96 valence electrons. The van der Waals surface area contributed by atoms with Gasteiger partial charge in [0.2, 0.25) is 0 Å². The molecular weight excluding hydrogens is 229 g/mol.